The molecule has 2 aliphatic rings. The maximum Gasteiger partial charge on any atom is 0.288 e. The summed E-state index contributed by atoms with van der Waals surface area (Å²) >= 11 is 5.82. The zero-order chi connectivity index (χ0) is 15.9. The van der Waals surface area contributed by atoms with Gasteiger partial charge in [-0.15, -0.1) is 0 Å². The van der Waals surface area contributed by atoms with Crippen molar-refractivity contribution in [3.8, 4) is 0 Å². The lowest BCUT2D eigenvalue weighted by Crippen LogP contribution is -2.36. The highest BCUT2D eigenvalue weighted by Gasteiger charge is 2.35. The maximum absolute atomic E-state index is 12.2. The Morgan fingerprint density at radius 1 is 1.27 bits per heavy atom. The molecule has 7 heteroatoms. The first-order valence-electron chi connectivity index (χ1n) is 6.97. The Labute approximate surface area is 131 Å². The molecule has 22 heavy (non-hydrogen) atoms. The van der Waals surface area contributed by atoms with Crippen LogP contribution in [0, 0.1) is 10.1 Å². The first-order chi connectivity index (χ1) is 10.5. The molecule has 1 N–H and O–H groups in total. The summed E-state index contributed by atoms with van der Waals surface area (Å²) in [5.74, 6) is -0.604. The minimum Gasteiger partial charge on any atom is -0.329 e. The van der Waals surface area contributed by atoms with Gasteiger partial charge < -0.3 is 5.32 Å². The molecule has 0 spiro atoms. The number of nitro groups is 1. The fourth-order valence-corrected chi connectivity index (χ4v) is 3.26. The van der Waals surface area contributed by atoms with Gasteiger partial charge in [-0.3, -0.25) is 19.7 Å². The van der Waals surface area contributed by atoms with E-state index in [9.17, 15) is 19.7 Å². The van der Waals surface area contributed by atoms with Crippen molar-refractivity contribution < 1.29 is 14.5 Å². The van der Waals surface area contributed by atoms with Gasteiger partial charge >= 0.3 is 0 Å². The number of halogens is 1. The molecule has 1 aliphatic heterocycles. The molecule has 6 nitrogen and oxygen atoms in total. The quantitative estimate of drug-likeness (QED) is 0.670. The number of hydrogen-bond donors (Lipinski definition) is 1. The van der Waals surface area contributed by atoms with Crippen LogP contribution in [0.1, 0.15) is 37.2 Å². The predicted molar refractivity (Wildman–Crippen MR) is 79.5 cm³/mol. The molecule has 114 valence electrons. The Bertz CT molecular complexity index is 726. The van der Waals surface area contributed by atoms with Crippen LogP contribution in [0.25, 0.3) is 0 Å². The number of Topliss-reactive ketones (excluding diaryl/α,β-unsaturated/α-hetero) is 1. The molecule has 0 saturated carbocycles. The van der Waals surface area contributed by atoms with Crippen LogP contribution in [0.2, 0.25) is 5.02 Å². The number of ketones is 1. The monoisotopic (exact) mass is 320 g/mol. The summed E-state index contributed by atoms with van der Waals surface area (Å²) in [5.41, 5.74) is 1.61. The fourth-order valence-electron chi connectivity index (χ4n) is 3.08. The Kier molecular flexibility index (Phi) is 3.70. The minimum absolute atomic E-state index is 0.00357. The van der Waals surface area contributed by atoms with E-state index in [1.807, 2.05) is 0 Å². The van der Waals surface area contributed by atoms with Gasteiger partial charge in [-0.05, 0) is 24.5 Å². The highest BCUT2D eigenvalue weighted by atomic mass is 35.5. The van der Waals surface area contributed by atoms with Gasteiger partial charge in [0.1, 0.15) is 5.02 Å². The predicted octanol–water partition coefficient (Wildman–Crippen LogP) is 2.86. The van der Waals surface area contributed by atoms with Crippen molar-refractivity contribution in [1.82, 2.24) is 5.32 Å². The Morgan fingerprint density at radius 3 is 2.77 bits per heavy atom. The molecule has 1 atom stereocenters. The molecule has 0 bridgehead atoms. The Balaban J connectivity index is 2.10. The first kappa shape index (κ1) is 14.7. The van der Waals surface area contributed by atoms with Crippen molar-refractivity contribution in [1.29, 1.82) is 0 Å². The van der Waals surface area contributed by atoms with Gasteiger partial charge in [0.15, 0.2) is 5.78 Å². The Morgan fingerprint density at radius 2 is 2.05 bits per heavy atom. The summed E-state index contributed by atoms with van der Waals surface area (Å²) in [7, 11) is 0. The molecule has 1 aromatic carbocycles. The average molecular weight is 321 g/mol. The average Bonchev–Trinajstić information content (AvgIpc) is 2.46. The summed E-state index contributed by atoms with van der Waals surface area (Å²) < 4.78 is 0. The lowest BCUT2D eigenvalue weighted by Gasteiger charge is -2.31. The number of carbonyl (C=O) groups excluding carboxylic acids is 2. The first-order valence-corrected chi connectivity index (χ1v) is 7.35. The normalized spacial score (nSPS) is 21.4. The third-order valence-electron chi connectivity index (χ3n) is 4.05. The van der Waals surface area contributed by atoms with E-state index in [1.165, 1.54) is 12.1 Å². The fraction of sp³-hybridized carbons (Fsp3) is 0.333. The zero-order valence-electron chi connectivity index (χ0n) is 11.6. The van der Waals surface area contributed by atoms with Crippen LogP contribution < -0.4 is 5.32 Å². The van der Waals surface area contributed by atoms with Crippen molar-refractivity contribution in [2.24, 2.45) is 0 Å². The summed E-state index contributed by atoms with van der Waals surface area (Å²) in [5, 5.41) is 13.8. The highest BCUT2D eigenvalue weighted by molar-refractivity contribution is 6.32. The van der Waals surface area contributed by atoms with Gasteiger partial charge in [-0.1, -0.05) is 17.7 Å². The Hall–Kier alpha value is -2.21. The molecule has 0 fully saturated rings. The number of nitro benzene ring substituents is 1. The van der Waals surface area contributed by atoms with E-state index in [0.717, 1.165) is 0 Å². The van der Waals surface area contributed by atoms with Crippen molar-refractivity contribution in [2.45, 2.75) is 31.6 Å². The van der Waals surface area contributed by atoms with E-state index in [1.54, 1.807) is 6.07 Å². The van der Waals surface area contributed by atoms with Crippen LogP contribution in [0.5, 0.6) is 0 Å². The number of allylic oxidation sites excluding steroid dienone is 2. The van der Waals surface area contributed by atoms with E-state index in [0.29, 0.717) is 36.1 Å². The number of benzene rings is 1. The van der Waals surface area contributed by atoms with Crippen LogP contribution in [0.4, 0.5) is 5.69 Å². The molecular weight excluding hydrogens is 308 g/mol. The summed E-state index contributed by atoms with van der Waals surface area (Å²) in [4.78, 5) is 34.6. The van der Waals surface area contributed by atoms with E-state index >= 15 is 0 Å². The van der Waals surface area contributed by atoms with Gasteiger partial charge in [-0.2, -0.15) is 0 Å². The van der Waals surface area contributed by atoms with Crippen molar-refractivity contribution in [3.63, 3.8) is 0 Å². The minimum atomic E-state index is -0.563. The second-order valence-electron chi connectivity index (χ2n) is 5.44. The molecule has 1 aliphatic carbocycles. The van der Waals surface area contributed by atoms with Crippen LogP contribution in [-0.2, 0) is 9.59 Å². The third kappa shape index (κ3) is 2.50. The molecule has 1 heterocycles. The van der Waals surface area contributed by atoms with Crippen LogP contribution >= 0.6 is 11.6 Å². The number of hydrogen-bond acceptors (Lipinski definition) is 4. The second-order valence-corrected chi connectivity index (χ2v) is 5.85. The summed E-state index contributed by atoms with van der Waals surface area (Å²) in [6, 6.07) is 4.44. The molecule has 1 aromatic rings. The van der Waals surface area contributed by atoms with Gasteiger partial charge in [0, 0.05) is 36.1 Å². The van der Waals surface area contributed by atoms with Gasteiger partial charge in [0.2, 0.25) is 5.91 Å². The molecule has 3 rings (SSSR count). The molecular formula is C15H13ClN2O4. The third-order valence-corrected chi connectivity index (χ3v) is 4.37. The topological polar surface area (TPSA) is 89.3 Å². The van der Waals surface area contributed by atoms with Crippen molar-refractivity contribution >= 4 is 29.0 Å². The summed E-state index contributed by atoms with van der Waals surface area (Å²) in [6.45, 7) is 0. The van der Waals surface area contributed by atoms with E-state index in [-0.39, 0.29) is 28.8 Å². The van der Waals surface area contributed by atoms with Gasteiger partial charge in [-0.25, -0.2) is 0 Å². The van der Waals surface area contributed by atoms with Gasteiger partial charge in [0.25, 0.3) is 5.69 Å². The maximum atomic E-state index is 12.2. The summed E-state index contributed by atoms with van der Waals surface area (Å²) in [6.07, 6.45) is 1.93. The van der Waals surface area contributed by atoms with Crippen molar-refractivity contribution in [3.05, 3.63) is 50.2 Å². The largest absolute Gasteiger partial charge is 0.329 e. The number of rotatable bonds is 2. The SMILES string of the molecule is O=C1C[C@@H](c2ccc(Cl)c([N+](=O)[O-])c2)C2=C(CCCC2=O)N1. The molecule has 0 aromatic heterocycles. The lowest BCUT2D eigenvalue weighted by atomic mass is 9.78. The van der Waals surface area contributed by atoms with Crippen molar-refractivity contribution in [2.75, 3.05) is 0 Å². The van der Waals surface area contributed by atoms with E-state index < -0.39 is 10.8 Å². The molecule has 0 unspecified atom stereocenters. The smallest absolute Gasteiger partial charge is 0.288 e. The van der Waals surface area contributed by atoms with E-state index in [4.69, 9.17) is 11.6 Å². The van der Waals surface area contributed by atoms with Crippen LogP contribution in [-0.4, -0.2) is 16.6 Å². The molecule has 0 saturated heterocycles. The standard InChI is InChI=1S/C15H13ClN2O4/c16-10-5-4-8(6-12(10)18(21)22)9-7-14(20)17-11-2-1-3-13(19)15(9)11/h4-6,9H,1-3,7H2,(H,17,20)/t9-/m0/s1. The van der Waals surface area contributed by atoms with E-state index in [2.05, 4.69) is 5.32 Å². The second kappa shape index (κ2) is 5.53. The lowest BCUT2D eigenvalue weighted by molar-refractivity contribution is -0.384. The zero-order valence-corrected chi connectivity index (χ0v) is 12.4. The van der Waals surface area contributed by atoms with Crippen LogP contribution in [0.15, 0.2) is 29.5 Å². The number of carbonyl (C=O) groups is 2. The highest BCUT2D eigenvalue weighted by Crippen LogP contribution is 2.39. The molecule has 0 radical (unpaired) electrons. The number of nitrogens with one attached hydrogen (secondary N) is 1. The van der Waals surface area contributed by atoms with Gasteiger partial charge in [0.05, 0.1) is 4.92 Å². The number of nitrogens with zero attached hydrogens (tertiary/aromatic N) is 1. The number of amides is 1. The van der Waals surface area contributed by atoms with Crippen LogP contribution in [0.3, 0.4) is 0 Å². The molecule has 1 amide bonds.